The van der Waals surface area contributed by atoms with Crippen molar-refractivity contribution in [3.05, 3.63) is 57.0 Å². The molecule has 0 aliphatic carbocycles. The highest BCUT2D eigenvalue weighted by Gasteiger charge is 2.31. The predicted molar refractivity (Wildman–Crippen MR) is 103 cm³/mol. The number of hydrogen-bond donors (Lipinski definition) is 1. The molecule has 1 fully saturated rings. The summed E-state index contributed by atoms with van der Waals surface area (Å²) < 4.78 is 50.3. The topological polar surface area (TPSA) is 47.6 Å². The molecule has 2 aromatic rings. The van der Waals surface area contributed by atoms with Gasteiger partial charge in [0.2, 0.25) is 0 Å². The number of amides is 1. The lowest BCUT2D eigenvalue weighted by atomic mass is 10.1. The van der Waals surface area contributed by atoms with Crippen molar-refractivity contribution in [1.29, 1.82) is 0 Å². The van der Waals surface area contributed by atoms with Crippen molar-refractivity contribution in [3.63, 3.8) is 0 Å². The normalized spacial score (nSPS) is 16.8. The van der Waals surface area contributed by atoms with Crippen LogP contribution in [0.15, 0.2) is 40.9 Å². The molecule has 9 heteroatoms. The quantitative estimate of drug-likeness (QED) is 0.579. The van der Waals surface area contributed by atoms with Crippen molar-refractivity contribution in [2.45, 2.75) is 25.1 Å². The molecule has 1 aliphatic rings. The summed E-state index contributed by atoms with van der Waals surface area (Å²) in [6, 6.07) is 7.41. The Bertz CT molecular complexity index is 870. The summed E-state index contributed by atoms with van der Waals surface area (Å²) in [5.74, 6) is -0.0447. The number of carbonyl (C=O) groups is 1. The van der Waals surface area contributed by atoms with Gasteiger partial charge in [-0.1, -0.05) is 11.6 Å². The second-order valence-electron chi connectivity index (χ2n) is 6.24. The summed E-state index contributed by atoms with van der Waals surface area (Å²) in [4.78, 5) is 12.4. The van der Waals surface area contributed by atoms with Gasteiger partial charge in [-0.2, -0.15) is 13.2 Å². The summed E-state index contributed by atoms with van der Waals surface area (Å²) in [5, 5.41) is 2.42. The fourth-order valence-corrected chi connectivity index (χ4v) is 3.37. The molecule has 3 rings (SSSR count). The van der Waals surface area contributed by atoms with Gasteiger partial charge in [0.25, 0.3) is 5.91 Å². The van der Waals surface area contributed by atoms with E-state index in [0.717, 1.165) is 37.6 Å². The molecular formula is C19H16BrClF3NO3. The number of halogens is 5. The van der Waals surface area contributed by atoms with Gasteiger partial charge in [0.15, 0.2) is 0 Å². The number of rotatable bonds is 5. The van der Waals surface area contributed by atoms with E-state index in [4.69, 9.17) is 21.1 Å². The van der Waals surface area contributed by atoms with Crippen LogP contribution in [0, 0.1) is 0 Å². The molecule has 1 aliphatic heterocycles. The Hall–Kier alpha value is -1.77. The van der Waals surface area contributed by atoms with Crippen molar-refractivity contribution < 1.29 is 27.4 Å². The number of anilines is 1. The fourth-order valence-electron chi connectivity index (χ4n) is 2.71. The average molecular weight is 479 g/mol. The first-order valence-electron chi connectivity index (χ1n) is 8.46. The Morgan fingerprint density at radius 3 is 2.71 bits per heavy atom. The van der Waals surface area contributed by atoms with Crippen LogP contribution in [0.2, 0.25) is 5.02 Å². The van der Waals surface area contributed by atoms with Crippen LogP contribution in [0.25, 0.3) is 0 Å². The molecule has 1 atom stereocenters. The minimum Gasteiger partial charge on any atom is -0.490 e. The monoisotopic (exact) mass is 477 g/mol. The predicted octanol–water partition coefficient (Wildman–Crippen LogP) is 5.93. The van der Waals surface area contributed by atoms with Crippen LogP contribution < -0.4 is 10.1 Å². The average Bonchev–Trinajstić information content (AvgIpc) is 3.15. The molecule has 4 nitrogen and oxygen atoms in total. The Morgan fingerprint density at radius 1 is 1.29 bits per heavy atom. The molecule has 0 spiro atoms. The van der Waals surface area contributed by atoms with Crippen molar-refractivity contribution in [2.24, 2.45) is 0 Å². The number of ether oxygens (including phenoxy) is 2. The maximum atomic E-state index is 12.9. The number of hydrogen-bond acceptors (Lipinski definition) is 3. The third kappa shape index (κ3) is 5.18. The van der Waals surface area contributed by atoms with Crippen LogP contribution in [-0.4, -0.2) is 25.2 Å². The molecule has 2 aromatic carbocycles. The van der Waals surface area contributed by atoms with Crippen molar-refractivity contribution in [3.8, 4) is 5.75 Å². The van der Waals surface area contributed by atoms with Gasteiger partial charge in [-0.25, -0.2) is 0 Å². The molecule has 0 saturated carbocycles. The first-order valence-corrected chi connectivity index (χ1v) is 9.63. The molecule has 0 radical (unpaired) electrons. The first-order chi connectivity index (χ1) is 13.2. The smallest absolute Gasteiger partial charge is 0.416 e. The maximum Gasteiger partial charge on any atom is 0.416 e. The lowest BCUT2D eigenvalue weighted by Gasteiger charge is -2.14. The minimum absolute atomic E-state index is 0.0110. The highest BCUT2D eigenvalue weighted by molar-refractivity contribution is 9.10. The van der Waals surface area contributed by atoms with Crippen molar-refractivity contribution >= 4 is 39.1 Å². The van der Waals surface area contributed by atoms with Gasteiger partial charge in [0, 0.05) is 12.2 Å². The largest absolute Gasteiger partial charge is 0.490 e. The van der Waals surface area contributed by atoms with Gasteiger partial charge in [-0.15, -0.1) is 0 Å². The second-order valence-corrected chi connectivity index (χ2v) is 7.50. The van der Waals surface area contributed by atoms with Gasteiger partial charge >= 0.3 is 6.18 Å². The minimum atomic E-state index is -4.53. The molecular weight excluding hydrogens is 463 g/mol. The van der Waals surface area contributed by atoms with Crippen LogP contribution in [-0.2, 0) is 10.9 Å². The van der Waals surface area contributed by atoms with Gasteiger partial charge in [-0.3, -0.25) is 4.79 Å². The van der Waals surface area contributed by atoms with Gasteiger partial charge in [-0.05, 0) is 65.2 Å². The zero-order valence-electron chi connectivity index (χ0n) is 14.5. The fraction of sp³-hybridized carbons (Fsp3) is 0.316. The number of nitrogens with one attached hydrogen (secondary N) is 1. The molecule has 150 valence electrons. The molecule has 1 heterocycles. The standard InChI is InChI=1S/C19H16BrClF3NO3/c20-14-8-11(3-6-17(14)28-10-13-2-1-7-27-13)18(26)25-16-9-12(19(22,23)24)4-5-15(16)21/h3-6,8-9,13H,1-2,7,10H2,(H,25,26). The highest BCUT2D eigenvalue weighted by Crippen LogP contribution is 2.34. The van der Waals surface area contributed by atoms with Crippen molar-refractivity contribution in [1.82, 2.24) is 0 Å². The number of benzene rings is 2. The Morgan fingerprint density at radius 2 is 2.07 bits per heavy atom. The van der Waals surface area contributed by atoms with Crippen LogP contribution >= 0.6 is 27.5 Å². The van der Waals surface area contributed by atoms with E-state index in [9.17, 15) is 18.0 Å². The molecule has 0 aromatic heterocycles. The molecule has 0 bridgehead atoms. The van der Waals surface area contributed by atoms with Gasteiger partial charge < -0.3 is 14.8 Å². The second kappa shape index (κ2) is 8.71. The van der Waals surface area contributed by atoms with E-state index < -0.39 is 17.6 Å². The van der Waals surface area contributed by atoms with E-state index in [2.05, 4.69) is 21.2 Å². The van der Waals surface area contributed by atoms with Gasteiger partial charge in [0.1, 0.15) is 12.4 Å². The first kappa shape index (κ1) is 21.0. The van der Waals surface area contributed by atoms with E-state index in [1.807, 2.05) is 0 Å². The van der Waals surface area contributed by atoms with Gasteiger partial charge in [0.05, 0.1) is 26.9 Å². The maximum absolute atomic E-state index is 12.9. The zero-order valence-corrected chi connectivity index (χ0v) is 16.8. The summed E-state index contributed by atoms with van der Waals surface area (Å²) in [5.41, 5.74) is -0.771. The van der Waals surface area contributed by atoms with E-state index in [1.54, 1.807) is 6.07 Å². The Kier molecular flexibility index (Phi) is 6.52. The molecule has 1 amide bonds. The summed E-state index contributed by atoms with van der Waals surface area (Å²) in [6.45, 7) is 1.14. The number of carbonyl (C=O) groups excluding carboxylic acids is 1. The highest BCUT2D eigenvalue weighted by atomic mass is 79.9. The number of alkyl halides is 3. The van der Waals surface area contributed by atoms with E-state index in [0.29, 0.717) is 16.8 Å². The summed E-state index contributed by atoms with van der Waals surface area (Å²) >= 11 is 9.26. The summed E-state index contributed by atoms with van der Waals surface area (Å²) in [7, 11) is 0. The van der Waals surface area contributed by atoms with Crippen LogP contribution in [0.5, 0.6) is 5.75 Å². The van der Waals surface area contributed by atoms with Crippen molar-refractivity contribution in [2.75, 3.05) is 18.5 Å². The Balaban J connectivity index is 1.70. The molecule has 28 heavy (non-hydrogen) atoms. The lowest BCUT2D eigenvalue weighted by Crippen LogP contribution is -2.17. The zero-order chi connectivity index (χ0) is 20.3. The van der Waals surface area contributed by atoms with E-state index in [1.165, 1.54) is 12.1 Å². The molecule has 1 N–H and O–H groups in total. The summed E-state index contributed by atoms with van der Waals surface area (Å²) in [6.07, 6.45) is -2.53. The molecule has 1 unspecified atom stereocenters. The van der Waals surface area contributed by atoms with Crippen LogP contribution in [0.1, 0.15) is 28.8 Å². The SMILES string of the molecule is O=C(Nc1cc(C(F)(F)F)ccc1Cl)c1ccc(OCC2CCCO2)c(Br)c1. The Labute approximate surface area is 173 Å². The van der Waals surface area contributed by atoms with Crippen LogP contribution in [0.3, 0.4) is 0 Å². The lowest BCUT2D eigenvalue weighted by molar-refractivity contribution is -0.137. The third-order valence-electron chi connectivity index (χ3n) is 4.18. The van der Waals surface area contributed by atoms with E-state index in [-0.39, 0.29) is 22.4 Å². The molecule has 1 saturated heterocycles. The third-order valence-corrected chi connectivity index (χ3v) is 5.13. The van der Waals surface area contributed by atoms with E-state index >= 15 is 0 Å². The van der Waals surface area contributed by atoms with Crippen LogP contribution in [0.4, 0.5) is 18.9 Å².